The van der Waals surface area contributed by atoms with E-state index in [0.717, 1.165) is 5.56 Å². The average Bonchev–Trinajstić information content (AvgIpc) is 3.04. The highest BCUT2D eigenvalue weighted by molar-refractivity contribution is 6.08. The van der Waals surface area contributed by atoms with E-state index >= 15 is 0 Å². The number of nitrogens with one attached hydrogen (secondary N) is 1. The summed E-state index contributed by atoms with van der Waals surface area (Å²) < 4.78 is 11.3. The lowest BCUT2D eigenvalue weighted by molar-refractivity contribution is -0.148. The highest BCUT2D eigenvalue weighted by atomic mass is 16.5. The molecule has 0 radical (unpaired) electrons. The molecule has 1 aromatic rings. The molecule has 1 saturated heterocycles. The molecule has 7 nitrogen and oxygen atoms in total. The number of ether oxygens (including phenoxy) is 2. The van der Waals surface area contributed by atoms with Crippen molar-refractivity contribution in [1.82, 2.24) is 10.2 Å². The maximum Gasteiger partial charge on any atom is 0.243 e. The van der Waals surface area contributed by atoms with E-state index in [0.29, 0.717) is 56.9 Å². The SMILES string of the molecule is CCOc1ccc(CCNC(=O)C(CC(C)C)N2C(=O)C3CC=CCC3C2=O)cc1OCC. The van der Waals surface area contributed by atoms with Crippen molar-refractivity contribution in [2.45, 2.75) is 59.4 Å². The Morgan fingerprint density at radius 3 is 2.21 bits per heavy atom. The minimum atomic E-state index is -0.769. The quantitative estimate of drug-likeness (QED) is 0.407. The van der Waals surface area contributed by atoms with Gasteiger partial charge in [-0.1, -0.05) is 32.1 Å². The minimum Gasteiger partial charge on any atom is -0.490 e. The summed E-state index contributed by atoms with van der Waals surface area (Å²) in [5, 5.41) is 2.95. The molecule has 1 heterocycles. The monoisotopic (exact) mass is 456 g/mol. The summed E-state index contributed by atoms with van der Waals surface area (Å²) in [7, 11) is 0. The van der Waals surface area contributed by atoms with Crippen molar-refractivity contribution in [3.8, 4) is 11.5 Å². The zero-order valence-corrected chi connectivity index (χ0v) is 20.1. The van der Waals surface area contributed by atoms with E-state index in [1.165, 1.54) is 4.90 Å². The van der Waals surface area contributed by atoms with Crippen molar-refractivity contribution in [2.24, 2.45) is 17.8 Å². The number of allylic oxidation sites excluding steroid dienone is 2. The molecule has 7 heteroatoms. The van der Waals surface area contributed by atoms with Crippen molar-refractivity contribution in [2.75, 3.05) is 19.8 Å². The fourth-order valence-electron chi connectivity index (χ4n) is 4.61. The molecule has 3 rings (SSSR count). The number of carbonyl (C=O) groups is 3. The summed E-state index contributed by atoms with van der Waals surface area (Å²) in [4.78, 5) is 40.4. The Kier molecular flexibility index (Phi) is 8.53. The Labute approximate surface area is 196 Å². The molecule has 3 amide bonds. The highest BCUT2D eigenvalue weighted by Crippen LogP contribution is 2.37. The number of amides is 3. The molecule has 0 bridgehead atoms. The van der Waals surface area contributed by atoms with Crippen molar-refractivity contribution in [1.29, 1.82) is 0 Å². The number of nitrogens with zero attached hydrogens (tertiary/aromatic N) is 1. The van der Waals surface area contributed by atoms with Crippen LogP contribution in [0.25, 0.3) is 0 Å². The number of hydrogen-bond donors (Lipinski definition) is 1. The van der Waals surface area contributed by atoms with Crippen LogP contribution in [0.3, 0.4) is 0 Å². The van der Waals surface area contributed by atoms with E-state index in [4.69, 9.17) is 9.47 Å². The van der Waals surface area contributed by atoms with Crippen LogP contribution in [0.5, 0.6) is 11.5 Å². The molecule has 1 N–H and O–H groups in total. The Morgan fingerprint density at radius 1 is 1.03 bits per heavy atom. The predicted molar refractivity (Wildman–Crippen MR) is 126 cm³/mol. The van der Waals surface area contributed by atoms with E-state index < -0.39 is 6.04 Å². The van der Waals surface area contributed by atoms with Gasteiger partial charge in [0.2, 0.25) is 17.7 Å². The smallest absolute Gasteiger partial charge is 0.243 e. The van der Waals surface area contributed by atoms with E-state index in [-0.39, 0.29) is 35.5 Å². The van der Waals surface area contributed by atoms with E-state index in [1.54, 1.807) is 0 Å². The van der Waals surface area contributed by atoms with E-state index in [1.807, 2.05) is 58.0 Å². The van der Waals surface area contributed by atoms with E-state index in [9.17, 15) is 14.4 Å². The predicted octanol–water partition coefficient (Wildman–Crippen LogP) is 3.51. The molecule has 1 aliphatic heterocycles. The first kappa shape index (κ1) is 24.8. The van der Waals surface area contributed by atoms with Crippen LogP contribution in [-0.4, -0.2) is 48.4 Å². The number of likely N-dealkylation sites (tertiary alicyclic amines) is 1. The lowest BCUT2D eigenvalue weighted by Crippen LogP contribution is -2.51. The third kappa shape index (κ3) is 5.75. The number of hydrogen-bond acceptors (Lipinski definition) is 5. The first-order valence-electron chi connectivity index (χ1n) is 12.0. The summed E-state index contributed by atoms with van der Waals surface area (Å²) in [5.74, 6) is 0.217. The van der Waals surface area contributed by atoms with Crippen molar-refractivity contribution in [3.63, 3.8) is 0 Å². The van der Waals surface area contributed by atoms with Gasteiger partial charge in [-0.2, -0.15) is 0 Å². The van der Waals surface area contributed by atoms with Gasteiger partial charge in [0.1, 0.15) is 6.04 Å². The molecule has 2 aliphatic rings. The Morgan fingerprint density at radius 2 is 1.64 bits per heavy atom. The van der Waals surface area contributed by atoms with E-state index in [2.05, 4.69) is 5.32 Å². The molecule has 0 saturated carbocycles. The second kappa shape index (κ2) is 11.3. The van der Waals surface area contributed by atoms with Crippen LogP contribution in [0.4, 0.5) is 0 Å². The van der Waals surface area contributed by atoms with Crippen LogP contribution in [0.2, 0.25) is 0 Å². The first-order chi connectivity index (χ1) is 15.9. The molecule has 1 aromatic carbocycles. The lowest BCUT2D eigenvalue weighted by atomic mass is 9.85. The van der Waals surface area contributed by atoms with Gasteiger partial charge in [-0.3, -0.25) is 19.3 Å². The number of carbonyl (C=O) groups excluding carboxylic acids is 3. The first-order valence-corrected chi connectivity index (χ1v) is 12.0. The summed E-state index contributed by atoms with van der Waals surface area (Å²) in [6.07, 6.45) is 6.11. The van der Waals surface area contributed by atoms with Gasteiger partial charge < -0.3 is 14.8 Å². The van der Waals surface area contributed by atoms with Gasteiger partial charge in [0.05, 0.1) is 25.0 Å². The number of fused-ring (bicyclic) bond motifs is 1. The fraction of sp³-hybridized carbons (Fsp3) is 0.577. The standard InChI is InChI=1S/C26H36N2O5/c1-5-32-22-12-11-18(16-23(22)33-6-2)13-14-27-24(29)21(15-17(3)4)28-25(30)19-9-7-8-10-20(19)26(28)31/h7-8,11-12,16-17,19-21H,5-6,9-10,13-15H2,1-4H3,(H,27,29). The molecule has 33 heavy (non-hydrogen) atoms. The third-order valence-corrected chi connectivity index (χ3v) is 6.17. The Hall–Kier alpha value is -2.83. The summed E-state index contributed by atoms with van der Waals surface area (Å²) >= 11 is 0. The van der Waals surface area contributed by atoms with Gasteiger partial charge in [-0.05, 0) is 63.1 Å². The topological polar surface area (TPSA) is 84.9 Å². The zero-order chi connectivity index (χ0) is 24.0. The van der Waals surface area contributed by atoms with Crippen LogP contribution in [0.15, 0.2) is 30.4 Å². The van der Waals surface area contributed by atoms with Gasteiger partial charge in [-0.15, -0.1) is 0 Å². The second-order valence-electron chi connectivity index (χ2n) is 9.04. The zero-order valence-electron chi connectivity index (χ0n) is 20.1. The summed E-state index contributed by atoms with van der Waals surface area (Å²) in [6, 6.07) is 4.99. The fourth-order valence-corrected chi connectivity index (χ4v) is 4.61. The Balaban J connectivity index is 1.66. The molecule has 0 spiro atoms. The third-order valence-electron chi connectivity index (χ3n) is 6.17. The number of imide groups is 1. The second-order valence-corrected chi connectivity index (χ2v) is 9.04. The highest BCUT2D eigenvalue weighted by Gasteiger charge is 2.51. The molecule has 0 aromatic heterocycles. The Bertz CT molecular complexity index is 869. The summed E-state index contributed by atoms with van der Waals surface area (Å²) in [5.41, 5.74) is 1.01. The molecular formula is C26H36N2O5. The van der Waals surface area contributed by atoms with Gasteiger partial charge in [0, 0.05) is 6.54 Å². The van der Waals surface area contributed by atoms with Gasteiger partial charge in [-0.25, -0.2) is 0 Å². The van der Waals surface area contributed by atoms with Crippen molar-refractivity contribution >= 4 is 17.7 Å². The van der Waals surface area contributed by atoms with Gasteiger partial charge in [0.15, 0.2) is 11.5 Å². The van der Waals surface area contributed by atoms with Gasteiger partial charge >= 0.3 is 0 Å². The van der Waals surface area contributed by atoms with Crippen LogP contribution in [-0.2, 0) is 20.8 Å². The van der Waals surface area contributed by atoms with Crippen LogP contribution in [0, 0.1) is 17.8 Å². The molecule has 3 unspecified atom stereocenters. The van der Waals surface area contributed by atoms with Gasteiger partial charge in [0.25, 0.3) is 0 Å². The molecular weight excluding hydrogens is 420 g/mol. The summed E-state index contributed by atoms with van der Waals surface area (Å²) in [6.45, 7) is 9.32. The number of benzene rings is 1. The normalized spacial score (nSPS) is 20.7. The molecule has 180 valence electrons. The van der Waals surface area contributed by atoms with Crippen LogP contribution >= 0.6 is 0 Å². The lowest BCUT2D eigenvalue weighted by Gasteiger charge is -2.27. The maximum atomic E-state index is 13.1. The van der Waals surface area contributed by atoms with Crippen molar-refractivity contribution < 1.29 is 23.9 Å². The van der Waals surface area contributed by atoms with Crippen molar-refractivity contribution in [3.05, 3.63) is 35.9 Å². The maximum absolute atomic E-state index is 13.1. The average molecular weight is 457 g/mol. The largest absolute Gasteiger partial charge is 0.490 e. The van der Waals surface area contributed by atoms with Crippen LogP contribution in [0.1, 0.15) is 52.5 Å². The number of rotatable bonds is 11. The van der Waals surface area contributed by atoms with Crippen LogP contribution < -0.4 is 14.8 Å². The molecule has 1 aliphatic carbocycles. The minimum absolute atomic E-state index is 0.168. The molecule has 3 atom stereocenters. The molecule has 1 fully saturated rings.